The highest BCUT2D eigenvalue weighted by Crippen LogP contribution is 2.52. The second-order valence-corrected chi connectivity index (χ2v) is 10.4. The summed E-state index contributed by atoms with van der Waals surface area (Å²) in [6.45, 7) is 6.23. The van der Waals surface area contributed by atoms with Gasteiger partial charge in [-0.15, -0.1) is 0 Å². The maximum Gasteiger partial charge on any atom is 0.255 e. The van der Waals surface area contributed by atoms with Gasteiger partial charge in [-0.05, 0) is 60.6 Å². The molecule has 6 N–H and O–H groups in total. The number of aliphatic hydroxyl groups excluding tert-OH is 2. The number of aliphatic hydroxyl groups is 3. The van der Waals surface area contributed by atoms with E-state index in [2.05, 4.69) is 13.8 Å². The van der Waals surface area contributed by atoms with Crippen LogP contribution in [0.5, 0.6) is 5.75 Å². The third kappa shape index (κ3) is 3.75. The van der Waals surface area contributed by atoms with E-state index in [0.29, 0.717) is 30.7 Å². The molecule has 0 bridgehead atoms. The van der Waals surface area contributed by atoms with Crippen molar-refractivity contribution in [1.82, 2.24) is 0 Å². The van der Waals surface area contributed by atoms with Crippen molar-refractivity contribution in [2.75, 3.05) is 0 Å². The van der Waals surface area contributed by atoms with Gasteiger partial charge in [-0.3, -0.25) is 14.4 Å². The molecule has 1 saturated carbocycles. The van der Waals surface area contributed by atoms with E-state index in [1.54, 1.807) is 0 Å². The zero-order chi connectivity index (χ0) is 25.8. The van der Waals surface area contributed by atoms with Crippen molar-refractivity contribution in [1.29, 1.82) is 0 Å². The average Bonchev–Trinajstić information content (AvgIpc) is 2.77. The highest BCUT2D eigenvalue weighted by molar-refractivity contribution is 6.22. The Kier molecular flexibility index (Phi) is 6.30. The Balaban J connectivity index is 1.86. The summed E-state index contributed by atoms with van der Waals surface area (Å²) < 4.78 is 0. The zero-order valence-electron chi connectivity index (χ0n) is 20.4. The quantitative estimate of drug-likeness (QED) is 0.389. The number of primary amides is 1. The smallest absolute Gasteiger partial charge is 0.255 e. The van der Waals surface area contributed by atoms with Crippen LogP contribution in [-0.4, -0.2) is 43.5 Å². The fraction of sp³-hybridized carbons (Fsp3) is 0.519. The summed E-state index contributed by atoms with van der Waals surface area (Å²) >= 11 is 0. The average molecular weight is 484 g/mol. The summed E-state index contributed by atoms with van der Waals surface area (Å²) in [5, 5.41) is 44.4. The fourth-order valence-electron chi connectivity index (χ4n) is 6.03. The minimum atomic E-state index is -2.53. The van der Waals surface area contributed by atoms with Crippen molar-refractivity contribution in [2.45, 2.75) is 71.3 Å². The number of carbonyl (C=O) groups excluding carboxylic acids is 3. The van der Waals surface area contributed by atoms with E-state index in [9.17, 15) is 34.8 Å². The molecule has 1 aromatic carbocycles. The van der Waals surface area contributed by atoms with Crippen molar-refractivity contribution in [3.63, 3.8) is 0 Å². The van der Waals surface area contributed by atoms with Gasteiger partial charge in [-0.1, -0.05) is 33.3 Å². The van der Waals surface area contributed by atoms with Gasteiger partial charge in [0, 0.05) is 17.9 Å². The Hall–Kier alpha value is -3.13. The molecule has 1 fully saturated rings. The van der Waals surface area contributed by atoms with E-state index in [1.807, 2.05) is 13.0 Å². The molecule has 0 aromatic heterocycles. The lowest BCUT2D eigenvalue weighted by Crippen LogP contribution is -2.58. The number of ketones is 2. The molecule has 1 amide bonds. The molecular formula is C27H33NO7. The normalized spacial score (nSPS) is 26.1. The number of benzene rings is 1. The molecule has 8 nitrogen and oxygen atoms in total. The largest absolute Gasteiger partial charge is 0.508 e. The van der Waals surface area contributed by atoms with Crippen LogP contribution in [0, 0.1) is 17.8 Å². The summed E-state index contributed by atoms with van der Waals surface area (Å²) in [5.41, 5.74) is 4.41. The van der Waals surface area contributed by atoms with E-state index < -0.39 is 52.0 Å². The second-order valence-electron chi connectivity index (χ2n) is 10.4. The van der Waals surface area contributed by atoms with Crippen LogP contribution in [-0.2, 0) is 33.6 Å². The third-order valence-corrected chi connectivity index (χ3v) is 7.84. The third-order valence-electron chi connectivity index (χ3n) is 7.84. The topological polar surface area (TPSA) is 158 Å². The predicted octanol–water partition coefficient (Wildman–Crippen LogP) is 2.97. The highest BCUT2D eigenvalue weighted by atomic mass is 16.3. The number of Topliss-reactive ketones (excluding diaryl/α,β-unsaturated/α-hetero) is 2. The molecule has 8 heteroatoms. The van der Waals surface area contributed by atoms with Crippen LogP contribution < -0.4 is 5.73 Å². The molecule has 188 valence electrons. The van der Waals surface area contributed by atoms with Crippen LogP contribution in [0.2, 0.25) is 0 Å². The summed E-state index contributed by atoms with van der Waals surface area (Å²) in [6.07, 6.45) is 3.29. The van der Waals surface area contributed by atoms with Crippen molar-refractivity contribution < 1.29 is 34.8 Å². The van der Waals surface area contributed by atoms with E-state index in [1.165, 1.54) is 0 Å². The summed E-state index contributed by atoms with van der Waals surface area (Å²) in [4.78, 5) is 37.8. The van der Waals surface area contributed by atoms with Gasteiger partial charge in [0.2, 0.25) is 5.78 Å². The summed E-state index contributed by atoms with van der Waals surface area (Å²) in [5.74, 6) is -5.41. The summed E-state index contributed by atoms with van der Waals surface area (Å²) in [6, 6.07) is 1.96. The number of hydrogen-bond donors (Lipinski definition) is 5. The Bertz CT molecular complexity index is 1190. The zero-order valence-corrected chi connectivity index (χ0v) is 20.4. The number of phenolic OH excluding ortho intramolecular Hbond substituents is 1. The highest BCUT2D eigenvalue weighted by Gasteiger charge is 2.60. The Morgan fingerprint density at radius 1 is 1.17 bits per heavy atom. The molecule has 0 radical (unpaired) electrons. The Morgan fingerprint density at radius 2 is 1.86 bits per heavy atom. The molecular weight excluding hydrogens is 450 g/mol. The molecule has 0 spiro atoms. The lowest BCUT2D eigenvalue weighted by Gasteiger charge is -2.46. The molecule has 3 aliphatic carbocycles. The fourth-order valence-corrected chi connectivity index (χ4v) is 6.03. The number of aryl methyl sites for hydroxylation is 2. The van der Waals surface area contributed by atoms with E-state index in [-0.39, 0.29) is 29.7 Å². The van der Waals surface area contributed by atoms with Crippen molar-refractivity contribution in [3.8, 4) is 5.75 Å². The molecule has 1 aromatic rings. The molecule has 3 atom stereocenters. The Morgan fingerprint density at radius 3 is 2.46 bits per heavy atom. The Labute approximate surface area is 204 Å². The number of fused-ring (bicyclic) bond motifs is 3. The number of nitrogens with two attached hydrogens (primary N) is 1. The molecule has 3 aliphatic rings. The van der Waals surface area contributed by atoms with Gasteiger partial charge in [0.05, 0.1) is 5.56 Å². The van der Waals surface area contributed by atoms with Crippen molar-refractivity contribution >= 4 is 23.2 Å². The molecule has 4 rings (SSSR count). The van der Waals surface area contributed by atoms with E-state index >= 15 is 0 Å². The molecule has 0 heterocycles. The van der Waals surface area contributed by atoms with Gasteiger partial charge in [-0.25, -0.2) is 0 Å². The standard InChI is InChI=1S/C27H33NO7/c1-4-13-8-14(7-5-6-12(2)3)22(30)20-17(13)10-15-9-16-11-18(29)21(26(28)34)25(33)27(16,35)24(32)19(15)23(20)31/h8,12,15-16,30-31,33,35H,4-7,9-11H2,1-3H3,(H2,28,34)/t15-,16+,27+/m1/s1. The van der Waals surface area contributed by atoms with Gasteiger partial charge in [-0.2, -0.15) is 0 Å². The van der Waals surface area contributed by atoms with Gasteiger partial charge < -0.3 is 26.2 Å². The predicted molar refractivity (Wildman–Crippen MR) is 129 cm³/mol. The first-order chi connectivity index (χ1) is 16.4. The minimum absolute atomic E-state index is 0.0808. The lowest BCUT2D eigenvalue weighted by molar-refractivity contribution is -0.147. The van der Waals surface area contributed by atoms with Crippen molar-refractivity contribution in [2.24, 2.45) is 23.5 Å². The summed E-state index contributed by atoms with van der Waals surface area (Å²) in [7, 11) is 0. The van der Waals surface area contributed by atoms with Crippen LogP contribution in [0.1, 0.15) is 68.7 Å². The van der Waals surface area contributed by atoms with Crippen LogP contribution >= 0.6 is 0 Å². The van der Waals surface area contributed by atoms with Gasteiger partial charge >= 0.3 is 0 Å². The number of rotatable bonds is 6. The minimum Gasteiger partial charge on any atom is -0.508 e. The maximum absolute atomic E-state index is 13.6. The maximum atomic E-state index is 13.6. The first-order valence-corrected chi connectivity index (χ1v) is 12.3. The first-order valence-electron chi connectivity index (χ1n) is 12.3. The van der Waals surface area contributed by atoms with E-state index in [4.69, 9.17) is 5.73 Å². The lowest BCUT2D eigenvalue weighted by atomic mass is 9.59. The molecule has 0 aliphatic heterocycles. The van der Waals surface area contributed by atoms with Crippen molar-refractivity contribution in [3.05, 3.63) is 45.2 Å². The number of carbonyl (C=O) groups is 3. The number of aromatic hydroxyl groups is 1. The number of amides is 1. The van der Waals surface area contributed by atoms with E-state index in [0.717, 1.165) is 24.0 Å². The van der Waals surface area contributed by atoms with Gasteiger partial charge in [0.25, 0.3) is 5.91 Å². The second kappa shape index (κ2) is 8.82. The van der Waals surface area contributed by atoms with Crippen LogP contribution in [0.3, 0.4) is 0 Å². The monoisotopic (exact) mass is 483 g/mol. The van der Waals surface area contributed by atoms with Crippen LogP contribution in [0.15, 0.2) is 23.0 Å². The van der Waals surface area contributed by atoms with Gasteiger partial charge in [0.1, 0.15) is 22.8 Å². The first kappa shape index (κ1) is 25.0. The van der Waals surface area contributed by atoms with Crippen LogP contribution in [0.25, 0.3) is 5.76 Å². The molecule has 0 unspecified atom stereocenters. The number of phenols is 1. The van der Waals surface area contributed by atoms with Crippen LogP contribution in [0.4, 0.5) is 0 Å². The van der Waals surface area contributed by atoms with Gasteiger partial charge in [0.15, 0.2) is 11.4 Å². The molecule has 0 saturated heterocycles. The number of hydrogen-bond acceptors (Lipinski definition) is 7. The molecule has 35 heavy (non-hydrogen) atoms. The SMILES string of the molecule is CCc1cc(CCCC(C)C)c(O)c2c1C[C@H]1C[C@H]3CC(=O)C(C(N)=O)=C(O)[C@@]3(O)C(=O)C1=C2O.